The van der Waals surface area contributed by atoms with Crippen LogP contribution >= 0.6 is 23.2 Å². The minimum absolute atomic E-state index is 0.122. The first-order valence-electron chi connectivity index (χ1n) is 5.18. The number of hydrogen-bond acceptors (Lipinski definition) is 2. The summed E-state index contributed by atoms with van der Waals surface area (Å²) < 4.78 is 4.98. The predicted molar refractivity (Wildman–Crippen MR) is 67.1 cm³/mol. The summed E-state index contributed by atoms with van der Waals surface area (Å²) in [4.78, 5) is 0. The molecule has 0 fully saturated rings. The number of hydrogen-bond donors (Lipinski definition) is 1. The Bertz CT molecular complexity index is 342. The van der Waals surface area contributed by atoms with Gasteiger partial charge in [-0.2, -0.15) is 0 Å². The lowest BCUT2D eigenvalue weighted by atomic mass is 9.95. The Morgan fingerprint density at radius 1 is 1.31 bits per heavy atom. The van der Waals surface area contributed by atoms with Crippen molar-refractivity contribution in [2.75, 3.05) is 13.7 Å². The third-order valence-electron chi connectivity index (χ3n) is 2.60. The van der Waals surface area contributed by atoms with Crippen LogP contribution in [0.4, 0.5) is 0 Å². The first kappa shape index (κ1) is 13.8. The Morgan fingerprint density at radius 2 is 2.00 bits per heavy atom. The molecule has 0 aromatic heterocycles. The van der Waals surface area contributed by atoms with Crippen molar-refractivity contribution in [3.8, 4) is 0 Å². The van der Waals surface area contributed by atoms with E-state index in [-0.39, 0.29) is 5.92 Å². The molecule has 4 heteroatoms. The van der Waals surface area contributed by atoms with Crippen molar-refractivity contribution >= 4 is 23.2 Å². The van der Waals surface area contributed by atoms with E-state index in [1.54, 1.807) is 25.3 Å². The van der Waals surface area contributed by atoms with Crippen LogP contribution < -0.4 is 0 Å². The first-order valence-corrected chi connectivity index (χ1v) is 5.93. The van der Waals surface area contributed by atoms with E-state index in [0.29, 0.717) is 16.7 Å². The van der Waals surface area contributed by atoms with E-state index in [2.05, 4.69) is 0 Å². The molecule has 90 valence electrons. The quantitative estimate of drug-likeness (QED) is 0.877. The average Bonchev–Trinajstić information content (AvgIpc) is 2.28. The summed E-state index contributed by atoms with van der Waals surface area (Å²) in [6.07, 6.45) is 0.266. The van der Waals surface area contributed by atoms with E-state index in [1.807, 2.05) is 6.92 Å². The van der Waals surface area contributed by atoms with Crippen LogP contribution in [0, 0.1) is 5.92 Å². The first-order chi connectivity index (χ1) is 7.56. The largest absolute Gasteiger partial charge is 0.388 e. The molecule has 0 bridgehead atoms. The standard InChI is InChI=1S/C12H16Cl2O2/c1-8(5-6-16-2)12(15)9-3-4-10(13)11(14)7-9/h3-4,7-8,12,15H,5-6H2,1-2H3. The molecule has 2 unspecified atom stereocenters. The summed E-state index contributed by atoms with van der Waals surface area (Å²) >= 11 is 11.7. The lowest BCUT2D eigenvalue weighted by Gasteiger charge is -2.19. The van der Waals surface area contributed by atoms with Gasteiger partial charge in [-0.05, 0) is 30.0 Å². The molecular formula is C12H16Cl2O2. The summed E-state index contributed by atoms with van der Waals surface area (Å²) in [5.74, 6) is 0.122. The second-order valence-corrected chi connectivity index (χ2v) is 4.69. The van der Waals surface area contributed by atoms with Gasteiger partial charge >= 0.3 is 0 Å². The molecule has 2 nitrogen and oxygen atoms in total. The van der Waals surface area contributed by atoms with Gasteiger partial charge in [-0.3, -0.25) is 0 Å². The molecule has 2 atom stereocenters. The second-order valence-electron chi connectivity index (χ2n) is 3.88. The summed E-state index contributed by atoms with van der Waals surface area (Å²) in [5, 5.41) is 11.0. The van der Waals surface area contributed by atoms with Crippen molar-refractivity contribution in [3.05, 3.63) is 33.8 Å². The third-order valence-corrected chi connectivity index (χ3v) is 3.34. The number of halogens is 2. The maximum atomic E-state index is 10.1. The predicted octanol–water partition coefficient (Wildman–Crippen LogP) is 3.70. The minimum Gasteiger partial charge on any atom is -0.388 e. The maximum Gasteiger partial charge on any atom is 0.0816 e. The Kier molecular flexibility index (Phi) is 5.56. The highest BCUT2D eigenvalue weighted by molar-refractivity contribution is 6.42. The van der Waals surface area contributed by atoms with Crippen molar-refractivity contribution in [2.24, 2.45) is 5.92 Å². The van der Waals surface area contributed by atoms with Gasteiger partial charge in [0.05, 0.1) is 16.1 Å². The summed E-state index contributed by atoms with van der Waals surface area (Å²) in [6.45, 7) is 2.62. The number of ether oxygens (including phenoxy) is 1. The van der Waals surface area contributed by atoms with Crippen molar-refractivity contribution < 1.29 is 9.84 Å². The van der Waals surface area contributed by atoms with E-state index in [1.165, 1.54) is 0 Å². The van der Waals surface area contributed by atoms with E-state index in [4.69, 9.17) is 27.9 Å². The number of aliphatic hydroxyl groups excluding tert-OH is 1. The lowest BCUT2D eigenvalue weighted by molar-refractivity contribution is 0.0886. The third kappa shape index (κ3) is 3.63. The molecule has 0 aliphatic rings. The van der Waals surface area contributed by atoms with Gasteiger partial charge in [0.1, 0.15) is 0 Å². The van der Waals surface area contributed by atoms with Crippen molar-refractivity contribution in [1.82, 2.24) is 0 Å². The Balaban J connectivity index is 2.71. The van der Waals surface area contributed by atoms with Crippen LogP contribution in [0.2, 0.25) is 10.0 Å². The van der Waals surface area contributed by atoms with E-state index < -0.39 is 6.10 Å². The molecule has 16 heavy (non-hydrogen) atoms. The van der Waals surface area contributed by atoms with Gasteiger partial charge in [0, 0.05) is 13.7 Å². The van der Waals surface area contributed by atoms with Gasteiger partial charge < -0.3 is 9.84 Å². The van der Waals surface area contributed by atoms with Crippen LogP contribution in [0.3, 0.4) is 0 Å². The van der Waals surface area contributed by atoms with Crippen LogP contribution in [0.1, 0.15) is 25.0 Å². The number of benzene rings is 1. The Labute approximate surface area is 106 Å². The fourth-order valence-corrected chi connectivity index (χ4v) is 1.79. The van der Waals surface area contributed by atoms with E-state index in [0.717, 1.165) is 12.0 Å². The maximum absolute atomic E-state index is 10.1. The Morgan fingerprint density at radius 3 is 2.56 bits per heavy atom. The van der Waals surface area contributed by atoms with Crippen LogP contribution in [0.25, 0.3) is 0 Å². The molecule has 0 heterocycles. The van der Waals surface area contributed by atoms with Crippen LogP contribution in [0.5, 0.6) is 0 Å². The summed E-state index contributed by atoms with van der Waals surface area (Å²) in [5.41, 5.74) is 0.790. The van der Waals surface area contributed by atoms with Crippen LogP contribution in [0.15, 0.2) is 18.2 Å². The molecular weight excluding hydrogens is 247 g/mol. The van der Waals surface area contributed by atoms with E-state index >= 15 is 0 Å². The van der Waals surface area contributed by atoms with Gasteiger partial charge in [-0.25, -0.2) is 0 Å². The lowest BCUT2D eigenvalue weighted by Crippen LogP contribution is -2.11. The molecule has 0 spiro atoms. The summed E-state index contributed by atoms with van der Waals surface area (Å²) in [7, 11) is 1.65. The second kappa shape index (κ2) is 6.45. The zero-order valence-corrected chi connectivity index (χ0v) is 10.9. The molecule has 0 amide bonds. The SMILES string of the molecule is COCCC(C)C(O)c1ccc(Cl)c(Cl)c1. The molecule has 0 radical (unpaired) electrons. The Hall–Kier alpha value is -0.280. The topological polar surface area (TPSA) is 29.5 Å². The average molecular weight is 263 g/mol. The molecule has 0 saturated heterocycles. The van der Waals surface area contributed by atoms with Gasteiger partial charge in [0.15, 0.2) is 0 Å². The fourth-order valence-electron chi connectivity index (χ4n) is 1.49. The van der Waals surface area contributed by atoms with Crippen molar-refractivity contribution in [1.29, 1.82) is 0 Å². The number of aliphatic hydroxyl groups is 1. The van der Waals surface area contributed by atoms with Crippen molar-refractivity contribution in [3.63, 3.8) is 0 Å². The summed E-state index contributed by atoms with van der Waals surface area (Å²) in [6, 6.07) is 5.20. The minimum atomic E-state index is -0.537. The van der Waals surface area contributed by atoms with Gasteiger partial charge in [0.25, 0.3) is 0 Å². The highest BCUT2D eigenvalue weighted by Crippen LogP contribution is 2.29. The molecule has 1 aromatic rings. The van der Waals surface area contributed by atoms with Crippen LogP contribution in [-0.2, 0) is 4.74 Å². The monoisotopic (exact) mass is 262 g/mol. The molecule has 1 aromatic carbocycles. The van der Waals surface area contributed by atoms with Gasteiger partial charge in [-0.15, -0.1) is 0 Å². The van der Waals surface area contributed by atoms with Gasteiger partial charge in [-0.1, -0.05) is 36.2 Å². The molecule has 0 aliphatic carbocycles. The smallest absolute Gasteiger partial charge is 0.0816 e. The van der Waals surface area contributed by atoms with Gasteiger partial charge in [0.2, 0.25) is 0 Å². The molecule has 0 aliphatic heterocycles. The zero-order valence-electron chi connectivity index (χ0n) is 9.41. The molecule has 1 rings (SSSR count). The normalized spacial score (nSPS) is 14.8. The number of methoxy groups -OCH3 is 1. The number of rotatable bonds is 5. The van der Waals surface area contributed by atoms with Crippen molar-refractivity contribution in [2.45, 2.75) is 19.4 Å². The van der Waals surface area contributed by atoms with Crippen LogP contribution in [-0.4, -0.2) is 18.8 Å². The fraction of sp³-hybridized carbons (Fsp3) is 0.500. The molecule has 1 N–H and O–H groups in total. The zero-order chi connectivity index (χ0) is 12.1. The highest BCUT2D eigenvalue weighted by Gasteiger charge is 2.16. The highest BCUT2D eigenvalue weighted by atomic mass is 35.5. The molecule has 0 saturated carbocycles. The van der Waals surface area contributed by atoms with E-state index in [9.17, 15) is 5.11 Å².